The third kappa shape index (κ3) is 2.39. The summed E-state index contributed by atoms with van der Waals surface area (Å²) in [5, 5.41) is 4.05. The summed E-state index contributed by atoms with van der Waals surface area (Å²) in [5.41, 5.74) is 1.11. The van der Waals surface area contributed by atoms with E-state index >= 15 is 0 Å². The summed E-state index contributed by atoms with van der Waals surface area (Å²) in [7, 11) is -2.92. The van der Waals surface area contributed by atoms with Crippen molar-refractivity contribution in [3.05, 3.63) is 27.1 Å². The molecule has 0 bridgehead atoms. The molecule has 22 heavy (non-hydrogen) atoms. The standard InChI is InChI=1S/C14H17N3O3S2/c18-14-12-10-1-3-15-5-11(10)21-13(12)16-8-17(14)6-9-2-4-22(19,20)7-9/h8-9,15H,1-7H2/t9-/m1/s1. The molecule has 0 unspecified atom stereocenters. The van der Waals surface area contributed by atoms with Crippen molar-refractivity contribution in [3.63, 3.8) is 0 Å². The molecule has 2 aliphatic rings. The van der Waals surface area contributed by atoms with Crippen LogP contribution in [0.4, 0.5) is 0 Å². The molecule has 2 aromatic heterocycles. The van der Waals surface area contributed by atoms with Gasteiger partial charge in [-0.15, -0.1) is 11.3 Å². The molecule has 0 saturated carbocycles. The van der Waals surface area contributed by atoms with Crippen LogP contribution in [0.25, 0.3) is 10.2 Å². The van der Waals surface area contributed by atoms with Gasteiger partial charge >= 0.3 is 0 Å². The molecule has 4 rings (SSSR count). The van der Waals surface area contributed by atoms with Gasteiger partial charge in [-0.05, 0) is 30.9 Å². The Labute approximate surface area is 132 Å². The number of aromatic nitrogens is 2. The van der Waals surface area contributed by atoms with Gasteiger partial charge in [0.05, 0.1) is 23.2 Å². The van der Waals surface area contributed by atoms with Crippen LogP contribution < -0.4 is 10.9 Å². The van der Waals surface area contributed by atoms with Crippen molar-refractivity contribution in [2.45, 2.75) is 25.9 Å². The molecule has 0 amide bonds. The molecular weight excluding hydrogens is 322 g/mol. The SMILES string of the molecule is O=c1c2c3c(sc2ncn1C[C@H]1CCS(=O)(=O)C1)CNCC3. The normalized spacial score (nSPS) is 23.7. The van der Waals surface area contributed by atoms with Crippen molar-refractivity contribution in [1.82, 2.24) is 14.9 Å². The summed E-state index contributed by atoms with van der Waals surface area (Å²) in [6, 6.07) is 0. The Balaban J connectivity index is 1.73. The second kappa shape index (κ2) is 5.14. The number of sulfone groups is 1. The quantitative estimate of drug-likeness (QED) is 0.864. The molecule has 118 valence electrons. The van der Waals surface area contributed by atoms with Gasteiger partial charge in [0.2, 0.25) is 0 Å². The fraction of sp³-hybridized carbons (Fsp3) is 0.571. The average molecular weight is 339 g/mol. The van der Waals surface area contributed by atoms with Gasteiger partial charge in [0.15, 0.2) is 9.84 Å². The lowest BCUT2D eigenvalue weighted by atomic mass is 10.1. The molecule has 0 radical (unpaired) electrons. The molecule has 1 fully saturated rings. The van der Waals surface area contributed by atoms with Gasteiger partial charge in [-0.2, -0.15) is 0 Å². The van der Waals surface area contributed by atoms with Crippen LogP contribution in [0.5, 0.6) is 0 Å². The van der Waals surface area contributed by atoms with E-state index in [1.165, 1.54) is 4.88 Å². The Hall–Kier alpha value is -1.25. The molecule has 2 aromatic rings. The Kier molecular flexibility index (Phi) is 3.35. The second-order valence-corrected chi connectivity index (χ2v) is 9.39. The van der Waals surface area contributed by atoms with Crippen molar-refractivity contribution in [1.29, 1.82) is 0 Å². The number of fused-ring (bicyclic) bond motifs is 3. The molecule has 2 aliphatic heterocycles. The monoisotopic (exact) mass is 339 g/mol. The van der Waals surface area contributed by atoms with Crippen molar-refractivity contribution in [3.8, 4) is 0 Å². The van der Waals surface area contributed by atoms with Crippen LogP contribution in [0, 0.1) is 5.92 Å². The third-order valence-corrected chi connectivity index (χ3v) is 7.46. The van der Waals surface area contributed by atoms with Gasteiger partial charge in [0.1, 0.15) is 4.83 Å². The highest BCUT2D eigenvalue weighted by Crippen LogP contribution is 2.29. The van der Waals surface area contributed by atoms with Crippen LogP contribution in [0.1, 0.15) is 16.9 Å². The zero-order valence-corrected chi connectivity index (χ0v) is 13.7. The average Bonchev–Trinajstić information content (AvgIpc) is 3.02. The third-order valence-electron chi connectivity index (χ3n) is 4.48. The zero-order chi connectivity index (χ0) is 15.3. The van der Waals surface area contributed by atoms with Crippen LogP contribution in [0.15, 0.2) is 11.1 Å². The highest BCUT2D eigenvalue weighted by Gasteiger charge is 2.29. The van der Waals surface area contributed by atoms with Gasteiger partial charge in [-0.25, -0.2) is 13.4 Å². The van der Waals surface area contributed by atoms with E-state index in [-0.39, 0.29) is 23.0 Å². The predicted molar refractivity (Wildman–Crippen MR) is 86.1 cm³/mol. The topological polar surface area (TPSA) is 81.1 Å². The van der Waals surface area contributed by atoms with E-state index in [1.807, 2.05) is 0 Å². The number of hydrogen-bond acceptors (Lipinski definition) is 6. The van der Waals surface area contributed by atoms with E-state index in [0.29, 0.717) is 13.0 Å². The fourth-order valence-electron chi connectivity index (χ4n) is 3.37. The highest BCUT2D eigenvalue weighted by molar-refractivity contribution is 7.91. The molecule has 6 nitrogen and oxygen atoms in total. The minimum atomic E-state index is -2.92. The lowest BCUT2D eigenvalue weighted by Crippen LogP contribution is -2.27. The molecule has 4 heterocycles. The van der Waals surface area contributed by atoms with Crippen LogP contribution in [0.2, 0.25) is 0 Å². The summed E-state index contributed by atoms with van der Waals surface area (Å²) in [6.07, 6.45) is 3.07. The highest BCUT2D eigenvalue weighted by atomic mass is 32.2. The van der Waals surface area contributed by atoms with Gasteiger partial charge in [-0.1, -0.05) is 0 Å². The summed E-state index contributed by atoms with van der Waals surface area (Å²) in [4.78, 5) is 19.2. The maximum absolute atomic E-state index is 12.8. The van der Waals surface area contributed by atoms with Gasteiger partial charge in [-0.3, -0.25) is 9.36 Å². The summed E-state index contributed by atoms with van der Waals surface area (Å²) in [5.74, 6) is 0.447. The number of nitrogens with zero attached hydrogens (tertiary/aromatic N) is 2. The molecule has 0 spiro atoms. The summed E-state index contributed by atoms with van der Waals surface area (Å²) in [6.45, 7) is 2.13. The fourth-order valence-corrected chi connectivity index (χ4v) is 6.37. The second-order valence-electron chi connectivity index (χ2n) is 6.08. The van der Waals surface area contributed by atoms with E-state index in [9.17, 15) is 13.2 Å². The van der Waals surface area contributed by atoms with Crippen LogP contribution in [-0.4, -0.2) is 36.0 Å². The maximum atomic E-state index is 12.8. The van der Waals surface area contributed by atoms with Crippen molar-refractivity contribution in [2.75, 3.05) is 18.1 Å². The lowest BCUT2D eigenvalue weighted by Gasteiger charge is -2.13. The first-order valence-electron chi connectivity index (χ1n) is 7.44. The zero-order valence-electron chi connectivity index (χ0n) is 12.0. The first-order valence-corrected chi connectivity index (χ1v) is 10.1. The molecule has 1 N–H and O–H groups in total. The largest absolute Gasteiger partial charge is 0.312 e. The Bertz CT molecular complexity index is 898. The van der Waals surface area contributed by atoms with Crippen molar-refractivity contribution in [2.24, 2.45) is 5.92 Å². The lowest BCUT2D eigenvalue weighted by molar-refractivity contribution is 0.479. The van der Waals surface area contributed by atoms with Gasteiger partial charge < -0.3 is 5.32 Å². The first kappa shape index (κ1) is 14.3. The summed E-state index contributed by atoms with van der Waals surface area (Å²) >= 11 is 1.58. The molecular formula is C14H17N3O3S2. The molecule has 0 aliphatic carbocycles. The van der Waals surface area contributed by atoms with Crippen molar-refractivity contribution < 1.29 is 8.42 Å². The molecule has 0 aromatic carbocycles. The molecule has 1 saturated heterocycles. The Morgan fingerprint density at radius 2 is 2.32 bits per heavy atom. The van der Waals surface area contributed by atoms with E-state index in [0.717, 1.165) is 35.3 Å². The van der Waals surface area contributed by atoms with Crippen LogP contribution in [-0.2, 0) is 29.3 Å². The number of thiophene rings is 1. The van der Waals surface area contributed by atoms with E-state index in [1.54, 1.807) is 22.2 Å². The number of rotatable bonds is 2. The minimum Gasteiger partial charge on any atom is -0.312 e. The van der Waals surface area contributed by atoms with E-state index in [2.05, 4.69) is 10.3 Å². The molecule has 8 heteroatoms. The smallest absolute Gasteiger partial charge is 0.262 e. The first-order chi connectivity index (χ1) is 10.5. The predicted octanol–water partition coefficient (Wildman–Crippen LogP) is 0.538. The molecule has 1 atom stereocenters. The maximum Gasteiger partial charge on any atom is 0.262 e. The van der Waals surface area contributed by atoms with Crippen LogP contribution in [0.3, 0.4) is 0 Å². The Morgan fingerprint density at radius 1 is 1.45 bits per heavy atom. The van der Waals surface area contributed by atoms with Gasteiger partial charge in [0.25, 0.3) is 5.56 Å². The summed E-state index contributed by atoms with van der Waals surface area (Å²) < 4.78 is 24.7. The Morgan fingerprint density at radius 3 is 3.09 bits per heavy atom. The van der Waals surface area contributed by atoms with Gasteiger partial charge in [0, 0.05) is 18.0 Å². The van der Waals surface area contributed by atoms with Crippen LogP contribution >= 0.6 is 11.3 Å². The van der Waals surface area contributed by atoms with E-state index in [4.69, 9.17) is 0 Å². The van der Waals surface area contributed by atoms with E-state index < -0.39 is 9.84 Å². The van der Waals surface area contributed by atoms with Crippen molar-refractivity contribution >= 4 is 31.4 Å². The number of nitrogens with one attached hydrogen (secondary N) is 1. The number of hydrogen-bond donors (Lipinski definition) is 1. The minimum absolute atomic E-state index is 0.0197.